The number of hydrogen-bond donors (Lipinski definition) is 1. The van der Waals surface area contributed by atoms with Gasteiger partial charge < -0.3 is 9.64 Å². The minimum absolute atomic E-state index is 0.149. The van der Waals surface area contributed by atoms with Gasteiger partial charge in [-0.3, -0.25) is 9.89 Å². The number of H-pyrrole nitrogens is 1. The van der Waals surface area contributed by atoms with Crippen molar-refractivity contribution in [3.63, 3.8) is 0 Å². The Bertz CT molecular complexity index is 771. The number of nitrogens with zero attached hydrogens (tertiary/aromatic N) is 3. The van der Waals surface area contributed by atoms with Crippen molar-refractivity contribution in [3.05, 3.63) is 46.5 Å². The molecule has 0 bridgehead atoms. The summed E-state index contributed by atoms with van der Waals surface area (Å²) in [6.07, 6.45) is 5.05. The topological polar surface area (TPSA) is 71.1 Å². The molecule has 0 spiro atoms. The Balaban J connectivity index is 1.42. The number of aromatic nitrogens is 3. The Morgan fingerprint density at radius 3 is 2.96 bits per heavy atom. The molecule has 0 unspecified atom stereocenters. The van der Waals surface area contributed by atoms with Crippen LogP contribution in [0, 0.1) is 6.92 Å². The molecule has 1 atom stereocenters. The lowest BCUT2D eigenvalue weighted by molar-refractivity contribution is -0.138. The number of rotatable bonds is 3. The van der Waals surface area contributed by atoms with Crippen LogP contribution in [0.4, 0.5) is 0 Å². The minimum atomic E-state index is -0.244. The highest BCUT2D eigenvalue weighted by atomic mass is 16.5. The number of carbonyl (C=O) groups excluding carboxylic acids is 1. The second kappa shape index (κ2) is 6.96. The van der Waals surface area contributed by atoms with E-state index >= 15 is 0 Å². The maximum atomic E-state index is 12.7. The van der Waals surface area contributed by atoms with Gasteiger partial charge in [-0.2, -0.15) is 5.10 Å². The first-order valence-corrected chi connectivity index (χ1v) is 9.08. The smallest absolute Gasteiger partial charge is 0.227 e. The second-order valence-electron chi connectivity index (χ2n) is 6.97. The van der Waals surface area contributed by atoms with Gasteiger partial charge in [0.25, 0.3) is 0 Å². The second-order valence-corrected chi connectivity index (χ2v) is 6.97. The third kappa shape index (κ3) is 3.58. The van der Waals surface area contributed by atoms with E-state index in [0.29, 0.717) is 31.9 Å². The van der Waals surface area contributed by atoms with Gasteiger partial charge in [0.15, 0.2) is 5.82 Å². The quantitative estimate of drug-likeness (QED) is 0.929. The molecule has 2 aliphatic rings. The van der Waals surface area contributed by atoms with Crippen LogP contribution in [0.15, 0.2) is 18.2 Å². The number of aryl methyl sites for hydroxylation is 3. The zero-order chi connectivity index (χ0) is 17.2. The predicted octanol–water partition coefficient (Wildman–Crippen LogP) is 2.13. The molecule has 6 heteroatoms. The Labute approximate surface area is 147 Å². The van der Waals surface area contributed by atoms with Gasteiger partial charge in [0.05, 0.1) is 19.6 Å². The van der Waals surface area contributed by atoms with Crippen LogP contribution in [0.3, 0.4) is 0 Å². The molecule has 2 aromatic rings. The van der Waals surface area contributed by atoms with Gasteiger partial charge in [-0.15, -0.1) is 0 Å². The van der Waals surface area contributed by atoms with Gasteiger partial charge in [0.1, 0.15) is 11.9 Å². The molecule has 25 heavy (non-hydrogen) atoms. The van der Waals surface area contributed by atoms with Crippen molar-refractivity contribution in [1.29, 1.82) is 0 Å². The maximum Gasteiger partial charge on any atom is 0.227 e. The summed E-state index contributed by atoms with van der Waals surface area (Å²) in [5.41, 5.74) is 3.99. The first-order valence-electron chi connectivity index (χ1n) is 9.08. The van der Waals surface area contributed by atoms with E-state index in [2.05, 4.69) is 33.4 Å². The average Bonchev–Trinajstić information content (AvgIpc) is 3.08. The Hall–Kier alpha value is -2.21. The van der Waals surface area contributed by atoms with Gasteiger partial charge in [0, 0.05) is 6.54 Å². The third-order valence-corrected chi connectivity index (χ3v) is 5.09. The van der Waals surface area contributed by atoms with Crippen LogP contribution in [0.2, 0.25) is 0 Å². The van der Waals surface area contributed by atoms with E-state index in [0.717, 1.165) is 17.8 Å². The molecule has 4 rings (SSSR count). The first-order chi connectivity index (χ1) is 12.2. The minimum Gasteiger partial charge on any atom is -0.366 e. The summed E-state index contributed by atoms with van der Waals surface area (Å²) in [5, 5.41) is 7.00. The zero-order valence-corrected chi connectivity index (χ0v) is 14.6. The van der Waals surface area contributed by atoms with E-state index < -0.39 is 0 Å². The Kier molecular flexibility index (Phi) is 4.53. The fraction of sp³-hybridized carbons (Fsp3) is 0.526. The van der Waals surface area contributed by atoms with E-state index in [9.17, 15) is 4.79 Å². The molecule has 0 saturated carbocycles. The fourth-order valence-corrected chi connectivity index (χ4v) is 3.72. The van der Waals surface area contributed by atoms with Crippen molar-refractivity contribution in [2.75, 3.05) is 19.7 Å². The molecule has 1 amide bonds. The standard InChI is InChI=1S/C19H24N4O2/c1-13-20-19(22-21-13)17-12-23(8-9-25-17)18(24)11-14-6-7-15-4-2-3-5-16(15)10-14/h6-7,10,17H,2-5,8-9,11-12H2,1H3,(H,20,21,22)/t17-/m0/s1. The summed E-state index contributed by atoms with van der Waals surface area (Å²) in [6.45, 7) is 3.53. The highest BCUT2D eigenvalue weighted by molar-refractivity contribution is 5.79. The molecule has 2 heterocycles. The van der Waals surface area contributed by atoms with Gasteiger partial charge in [-0.25, -0.2) is 4.98 Å². The summed E-state index contributed by atoms with van der Waals surface area (Å²) < 4.78 is 5.74. The van der Waals surface area contributed by atoms with Crippen molar-refractivity contribution in [3.8, 4) is 0 Å². The molecule has 1 aromatic heterocycles. The van der Waals surface area contributed by atoms with Crippen molar-refractivity contribution < 1.29 is 9.53 Å². The monoisotopic (exact) mass is 340 g/mol. The first kappa shape index (κ1) is 16.3. The summed E-state index contributed by atoms with van der Waals surface area (Å²) in [4.78, 5) is 18.9. The van der Waals surface area contributed by atoms with Crippen LogP contribution < -0.4 is 0 Å². The van der Waals surface area contributed by atoms with Crippen molar-refractivity contribution in [1.82, 2.24) is 20.1 Å². The van der Waals surface area contributed by atoms with Crippen LogP contribution in [-0.2, 0) is 28.8 Å². The molecule has 132 valence electrons. The van der Waals surface area contributed by atoms with Crippen molar-refractivity contribution in [2.45, 2.75) is 45.1 Å². The van der Waals surface area contributed by atoms with Crippen LogP contribution in [0.5, 0.6) is 0 Å². The van der Waals surface area contributed by atoms with E-state index in [1.807, 2.05) is 11.8 Å². The van der Waals surface area contributed by atoms with Crippen LogP contribution in [0.1, 0.15) is 47.3 Å². The summed E-state index contributed by atoms with van der Waals surface area (Å²) in [7, 11) is 0. The Morgan fingerprint density at radius 2 is 2.16 bits per heavy atom. The SMILES string of the molecule is Cc1nc([C@@H]2CN(C(=O)Cc3ccc4c(c3)CCCC4)CCO2)n[nH]1. The van der Waals surface area contributed by atoms with Gasteiger partial charge >= 0.3 is 0 Å². The lowest BCUT2D eigenvalue weighted by Gasteiger charge is -2.31. The summed E-state index contributed by atoms with van der Waals surface area (Å²) >= 11 is 0. The number of nitrogens with one attached hydrogen (secondary N) is 1. The number of aromatic amines is 1. The largest absolute Gasteiger partial charge is 0.366 e. The van der Waals surface area contributed by atoms with Crippen LogP contribution >= 0.6 is 0 Å². The highest BCUT2D eigenvalue weighted by Crippen LogP contribution is 2.23. The molecule has 6 nitrogen and oxygen atoms in total. The number of fused-ring (bicyclic) bond motifs is 1. The number of amides is 1. The molecule has 1 aromatic carbocycles. The number of hydrogen-bond acceptors (Lipinski definition) is 4. The Morgan fingerprint density at radius 1 is 1.32 bits per heavy atom. The molecule has 1 saturated heterocycles. The molecular formula is C19H24N4O2. The van der Waals surface area contributed by atoms with Crippen molar-refractivity contribution in [2.24, 2.45) is 0 Å². The normalized spacial score (nSPS) is 20.4. The van der Waals surface area contributed by atoms with E-state index in [1.165, 1.54) is 30.4 Å². The molecule has 1 N–H and O–H groups in total. The summed E-state index contributed by atoms with van der Waals surface area (Å²) in [6, 6.07) is 6.54. The molecule has 1 aliphatic carbocycles. The van der Waals surface area contributed by atoms with E-state index in [-0.39, 0.29) is 12.0 Å². The predicted molar refractivity (Wildman–Crippen MR) is 93.2 cm³/mol. The van der Waals surface area contributed by atoms with Gasteiger partial charge in [-0.1, -0.05) is 18.2 Å². The molecule has 1 aliphatic heterocycles. The molecule has 1 fully saturated rings. The van der Waals surface area contributed by atoms with Crippen molar-refractivity contribution >= 4 is 5.91 Å². The number of morpholine rings is 1. The summed E-state index contributed by atoms with van der Waals surface area (Å²) in [5.74, 6) is 1.54. The third-order valence-electron chi connectivity index (χ3n) is 5.09. The number of carbonyl (C=O) groups is 1. The zero-order valence-electron chi connectivity index (χ0n) is 14.6. The lowest BCUT2D eigenvalue weighted by Crippen LogP contribution is -2.43. The maximum absolute atomic E-state index is 12.7. The lowest BCUT2D eigenvalue weighted by atomic mass is 9.90. The highest BCUT2D eigenvalue weighted by Gasteiger charge is 2.28. The van der Waals surface area contributed by atoms with E-state index in [1.54, 1.807) is 0 Å². The van der Waals surface area contributed by atoms with Gasteiger partial charge in [-0.05, 0) is 49.3 Å². The molecule has 0 radical (unpaired) electrons. The van der Waals surface area contributed by atoms with Gasteiger partial charge in [0.2, 0.25) is 5.91 Å². The number of benzene rings is 1. The van der Waals surface area contributed by atoms with Crippen LogP contribution in [-0.4, -0.2) is 45.7 Å². The molecular weight excluding hydrogens is 316 g/mol. The average molecular weight is 340 g/mol. The fourth-order valence-electron chi connectivity index (χ4n) is 3.72. The van der Waals surface area contributed by atoms with E-state index in [4.69, 9.17) is 4.74 Å². The number of ether oxygens (including phenoxy) is 1. The van der Waals surface area contributed by atoms with Crippen LogP contribution in [0.25, 0.3) is 0 Å².